The molecule has 0 radical (unpaired) electrons. The Hall–Kier alpha value is -2.32. The average molecular weight is 339 g/mol. The molecule has 2 N–H and O–H groups in total. The molecule has 0 unspecified atom stereocenters. The summed E-state index contributed by atoms with van der Waals surface area (Å²) in [6, 6.07) is 9.20. The van der Waals surface area contributed by atoms with E-state index in [1.807, 2.05) is 30.3 Å². The molecular formula is C20H25N3O2. The number of benzene rings is 1. The summed E-state index contributed by atoms with van der Waals surface area (Å²) in [4.78, 5) is 26.7. The third kappa shape index (κ3) is 3.54. The molecule has 1 aromatic carbocycles. The molecule has 1 spiro atoms. The summed E-state index contributed by atoms with van der Waals surface area (Å²) in [7, 11) is 0. The maximum atomic E-state index is 13.1. The summed E-state index contributed by atoms with van der Waals surface area (Å²) in [5, 5.41) is 6.51. The van der Waals surface area contributed by atoms with Crippen molar-refractivity contribution in [2.45, 2.75) is 57.2 Å². The van der Waals surface area contributed by atoms with Gasteiger partial charge in [0.15, 0.2) is 0 Å². The van der Waals surface area contributed by atoms with Gasteiger partial charge in [0.25, 0.3) is 5.91 Å². The van der Waals surface area contributed by atoms with Crippen LogP contribution in [0.25, 0.3) is 0 Å². The van der Waals surface area contributed by atoms with Crippen molar-refractivity contribution in [3.8, 4) is 11.8 Å². The van der Waals surface area contributed by atoms with Crippen LogP contribution >= 0.6 is 0 Å². The molecule has 0 bridgehead atoms. The topological polar surface area (TPSA) is 61.4 Å². The predicted octanol–water partition coefficient (Wildman–Crippen LogP) is 2.27. The lowest BCUT2D eigenvalue weighted by atomic mass is 9.71. The van der Waals surface area contributed by atoms with E-state index in [1.165, 1.54) is 4.90 Å². The summed E-state index contributed by atoms with van der Waals surface area (Å²) in [6.07, 6.45) is 1.13. The van der Waals surface area contributed by atoms with E-state index in [1.54, 1.807) is 0 Å². The number of carbonyl (C=O) groups excluding carboxylic acids is 2. The van der Waals surface area contributed by atoms with E-state index >= 15 is 0 Å². The molecule has 25 heavy (non-hydrogen) atoms. The molecule has 2 saturated heterocycles. The van der Waals surface area contributed by atoms with E-state index in [0.29, 0.717) is 12.8 Å². The maximum Gasteiger partial charge on any atom is 0.325 e. The second-order valence-corrected chi connectivity index (χ2v) is 8.32. The van der Waals surface area contributed by atoms with Crippen molar-refractivity contribution in [3.63, 3.8) is 0 Å². The third-order valence-electron chi connectivity index (χ3n) is 4.65. The lowest BCUT2D eigenvalue weighted by Gasteiger charge is -2.50. The first kappa shape index (κ1) is 17.5. The summed E-state index contributed by atoms with van der Waals surface area (Å²) in [5.41, 5.74) is -0.454. The van der Waals surface area contributed by atoms with Crippen LogP contribution in [-0.4, -0.2) is 40.0 Å². The maximum absolute atomic E-state index is 13.1. The van der Waals surface area contributed by atoms with E-state index in [0.717, 1.165) is 5.56 Å². The van der Waals surface area contributed by atoms with Crippen molar-refractivity contribution in [3.05, 3.63) is 35.9 Å². The molecule has 5 nitrogen and oxygen atoms in total. The molecular weight excluding hydrogens is 314 g/mol. The van der Waals surface area contributed by atoms with E-state index in [9.17, 15) is 9.59 Å². The highest BCUT2D eigenvalue weighted by Crippen LogP contribution is 2.39. The molecule has 0 aliphatic carbocycles. The Morgan fingerprint density at radius 2 is 1.64 bits per heavy atom. The zero-order chi connectivity index (χ0) is 18.3. The third-order valence-corrected chi connectivity index (χ3v) is 4.65. The Labute approximate surface area is 149 Å². The summed E-state index contributed by atoms with van der Waals surface area (Å²) >= 11 is 0. The molecule has 5 heteroatoms. The van der Waals surface area contributed by atoms with Gasteiger partial charge < -0.3 is 10.6 Å². The number of nitrogens with one attached hydrogen (secondary N) is 2. The summed E-state index contributed by atoms with van der Waals surface area (Å²) in [6.45, 7) is 8.36. The van der Waals surface area contributed by atoms with Gasteiger partial charge in [-0.25, -0.2) is 4.79 Å². The number of rotatable bonds is 1. The standard InChI is InChI=1S/C20H25N3O2/c1-18(2)13-20(14-19(3,4)22-18)16(24)23(17(25)21-20)12-8-11-15-9-6-5-7-10-15/h5-7,9-10,22H,12-14H2,1-4H3,(H,21,25). The lowest BCUT2D eigenvalue weighted by Crippen LogP contribution is -2.68. The Balaban J connectivity index is 1.80. The lowest BCUT2D eigenvalue weighted by molar-refractivity contribution is -0.134. The van der Waals surface area contributed by atoms with Crippen LogP contribution in [0.2, 0.25) is 0 Å². The van der Waals surface area contributed by atoms with E-state index in [-0.39, 0.29) is 29.6 Å². The zero-order valence-electron chi connectivity index (χ0n) is 15.3. The number of hydrogen-bond donors (Lipinski definition) is 2. The van der Waals surface area contributed by atoms with Crippen molar-refractivity contribution >= 4 is 11.9 Å². The number of piperidine rings is 1. The summed E-state index contributed by atoms with van der Waals surface area (Å²) in [5.74, 6) is 5.78. The first-order valence-electron chi connectivity index (χ1n) is 8.60. The quantitative estimate of drug-likeness (QED) is 0.609. The normalized spacial score (nSPS) is 23.1. The second-order valence-electron chi connectivity index (χ2n) is 8.32. The van der Waals surface area contributed by atoms with E-state index in [4.69, 9.17) is 0 Å². The van der Waals surface area contributed by atoms with Gasteiger partial charge >= 0.3 is 6.03 Å². The van der Waals surface area contributed by atoms with Crippen LogP contribution in [0, 0.1) is 11.8 Å². The van der Waals surface area contributed by atoms with Gasteiger partial charge in [-0.1, -0.05) is 30.0 Å². The van der Waals surface area contributed by atoms with E-state index in [2.05, 4.69) is 50.2 Å². The van der Waals surface area contributed by atoms with E-state index < -0.39 is 5.54 Å². The fraction of sp³-hybridized carbons (Fsp3) is 0.500. The Bertz CT molecular complexity index is 740. The Morgan fingerprint density at radius 1 is 1.04 bits per heavy atom. The largest absolute Gasteiger partial charge is 0.325 e. The number of nitrogens with zero attached hydrogens (tertiary/aromatic N) is 1. The first-order valence-corrected chi connectivity index (χ1v) is 8.60. The molecule has 2 aliphatic heterocycles. The van der Waals surface area contributed by atoms with Crippen LogP contribution in [0.15, 0.2) is 30.3 Å². The Kier molecular flexibility index (Phi) is 4.12. The fourth-order valence-electron chi connectivity index (χ4n) is 4.38. The molecule has 3 rings (SSSR count). The minimum Gasteiger partial charge on any atom is -0.323 e. The highest BCUT2D eigenvalue weighted by atomic mass is 16.2. The molecule has 0 atom stereocenters. The highest BCUT2D eigenvalue weighted by Gasteiger charge is 2.58. The minimum absolute atomic E-state index is 0.107. The van der Waals surface area contributed by atoms with Crippen molar-refractivity contribution in [2.24, 2.45) is 0 Å². The van der Waals surface area contributed by atoms with Crippen LogP contribution < -0.4 is 10.6 Å². The fourth-order valence-corrected chi connectivity index (χ4v) is 4.38. The van der Waals surface area contributed by atoms with Crippen LogP contribution in [0.4, 0.5) is 4.79 Å². The molecule has 2 fully saturated rings. The van der Waals surface area contributed by atoms with Crippen molar-refractivity contribution in [1.82, 2.24) is 15.5 Å². The molecule has 132 valence electrons. The van der Waals surface area contributed by atoms with Gasteiger partial charge in [-0.15, -0.1) is 0 Å². The second kappa shape index (κ2) is 5.89. The molecule has 1 aromatic rings. The number of carbonyl (C=O) groups is 2. The average Bonchev–Trinajstić information content (AvgIpc) is 2.68. The number of hydrogen-bond acceptors (Lipinski definition) is 3. The summed E-state index contributed by atoms with van der Waals surface area (Å²) < 4.78 is 0. The number of amides is 3. The van der Waals surface area contributed by atoms with Gasteiger partial charge in [-0.2, -0.15) is 0 Å². The molecule has 0 saturated carbocycles. The molecule has 3 amide bonds. The highest BCUT2D eigenvalue weighted by molar-refractivity contribution is 6.07. The van der Waals surface area contributed by atoms with Gasteiger partial charge in [0, 0.05) is 16.6 Å². The van der Waals surface area contributed by atoms with Gasteiger partial charge in [-0.3, -0.25) is 9.69 Å². The van der Waals surface area contributed by atoms with Crippen molar-refractivity contribution in [1.29, 1.82) is 0 Å². The molecule has 2 heterocycles. The zero-order valence-corrected chi connectivity index (χ0v) is 15.3. The van der Waals surface area contributed by atoms with Crippen LogP contribution in [0.3, 0.4) is 0 Å². The number of imide groups is 1. The minimum atomic E-state index is -0.843. The van der Waals surface area contributed by atoms with Crippen LogP contribution in [0.5, 0.6) is 0 Å². The SMILES string of the molecule is CC1(C)CC2(CC(C)(C)N1)NC(=O)N(CC#Cc1ccccc1)C2=O. The van der Waals surface area contributed by atoms with Gasteiger partial charge in [0.05, 0.1) is 6.54 Å². The van der Waals surface area contributed by atoms with Crippen LogP contribution in [0.1, 0.15) is 46.1 Å². The smallest absolute Gasteiger partial charge is 0.323 e. The predicted molar refractivity (Wildman–Crippen MR) is 96.8 cm³/mol. The van der Waals surface area contributed by atoms with Gasteiger partial charge in [-0.05, 0) is 52.7 Å². The molecule has 2 aliphatic rings. The number of urea groups is 1. The monoisotopic (exact) mass is 339 g/mol. The van der Waals surface area contributed by atoms with Crippen molar-refractivity contribution < 1.29 is 9.59 Å². The van der Waals surface area contributed by atoms with Crippen molar-refractivity contribution in [2.75, 3.05) is 6.54 Å². The first-order chi connectivity index (χ1) is 11.6. The van der Waals surface area contributed by atoms with Gasteiger partial charge in [0.2, 0.25) is 0 Å². The van der Waals surface area contributed by atoms with Crippen LogP contribution in [-0.2, 0) is 4.79 Å². The molecule has 0 aromatic heterocycles. The van der Waals surface area contributed by atoms with Gasteiger partial charge in [0.1, 0.15) is 5.54 Å². The Morgan fingerprint density at radius 3 is 2.24 bits per heavy atom.